The van der Waals surface area contributed by atoms with Gasteiger partial charge >= 0.3 is 0 Å². The molecule has 1 aliphatic heterocycles. The lowest BCUT2D eigenvalue weighted by molar-refractivity contribution is 0.496. The molecule has 3 heteroatoms. The Morgan fingerprint density at radius 3 is 2.62 bits per heavy atom. The van der Waals surface area contributed by atoms with Gasteiger partial charge in [0.1, 0.15) is 0 Å². The maximum absolute atomic E-state index is 4.16. The van der Waals surface area contributed by atoms with Gasteiger partial charge in [-0.1, -0.05) is 32.9 Å². The van der Waals surface area contributed by atoms with Crippen molar-refractivity contribution in [3.63, 3.8) is 0 Å². The van der Waals surface area contributed by atoms with Gasteiger partial charge in [-0.15, -0.1) is 0 Å². The van der Waals surface area contributed by atoms with Crippen molar-refractivity contribution in [1.29, 1.82) is 0 Å². The molecule has 1 saturated heterocycles. The lowest BCUT2D eigenvalue weighted by Gasteiger charge is -2.35. The van der Waals surface area contributed by atoms with Crippen LogP contribution in [-0.2, 0) is 0 Å². The molecule has 0 spiro atoms. The van der Waals surface area contributed by atoms with E-state index >= 15 is 0 Å². The second-order valence-corrected chi connectivity index (χ2v) is 7.15. The Labute approximate surface area is 109 Å². The average Bonchev–Trinajstić information content (AvgIpc) is 2.29. The van der Waals surface area contributed by atoms with Crippen molar-refractivity contribution < 1.29 is 0 Å². The van der Waals surface area contributed by atoms with E-state index in [2.05, 4.69) is 56.2 Å². The van der Waals surface area contributed by atoms with Gasteiger partial charge in [0, 0.05) is 28.0 Å². The fraction of sp³-hybridized carbons (Fsp3) is 0.846. The first-order valence-electron chi connectivity index (χ1n) is 6.32. The first-order chi connectivity index (χ1) is 7.69. The molecule has 3 atom stereocenters. The molecule has 0 aliphatic carbocycles. The molecule has 94 valence electrons. The first-order valence-corrected chi connectivity index (χ1v) is 8.42. The molecule has 1 aliphatic rings. The van der Waals surface area contributed by atoms with E-state index in [1.54, 1.807) is 0 Å². The van der Waals surface area contributed by atoms with Gasteiger partial charge < -0.3 is 5.32 Å². The minimum Gasteiger partial charge on any atom is -0.313 e. The van der Waals surface area contributed by atoms with Gasteiger partial charge in [-0.3, -0.25) is 0 Å². The summed E-state index contributed by atoms with van der Waals surface area (Å²) in [4.78, 5) is 0. The maximum atomic E-state index is 4.16. The van der Waals surface area contributed by atoms with Crippen LogP contribution in [0.5, 0.6) is 0 Å². The molecule has 0 amide bonds. The van der Waals surface area contributed by atoms with Crippen LogP contribution in [-0.4, -0.2) is 34.6 Å². The van der Waals surface area contributed by atoms with Gasteiger partial charge in [-0.2, -0.15) is 23.5 Å². The number of nitrogens with one attached hydrogen (secondary N) is 1. The topological polar surface area (TPSA) is 12.0 Å². The van der Waals surface area contributed by atoms with Crippen LogP contribution in [0.1, 0.15) is 33.6 Å². The molecule has 16 heavy (non-hydrogen) atoms. The van der Waals surface area contributed by atoms with Crippen LogP contribution < -0.4 is 5.32 Å². The summed E-state index contributed by atoms with van der Waals surface area (Å²) in [6, 6.07) is 0.616. The van der Waals surface area contributed by atoms with Crippen molar-refractivity contribution in [2.45, 2.75) is 50.2 Å². The predicted octanol–water partition coefficient (Wildman–Crippen LogP) is 3.56. The molecule has 1 heterocycles. The molecule has 0 bridgehead atoms. The second-order valence-electron chi connectivity index (χ2n) is 4.38. The minimum absolute atomic E-state index is 0.616. The van der Waals surface area contributed by atoms with Crippen molar-refractivity contribution in [3.05, 3.63) is 12.2 Å². The standard InChI is InChI=1S/C13H25NS2/c1-5-10(3)9-12(14-6-2)13-11(4)15-7-8-16-13/h11-14H,3,5-9H2,1-2,4H3. The maximum Gasteiger partial charge on any atom is 0.0320 e. The average molecular weight is 259 g/mol. The lowest BCUT2D eigenvalue weighted by Crippen LogP contribution is -2.44. The van der Waals surface area contributed by atoms with Crippen LogP contribution in [0.2, 0.25) is 0 Å². The van der Waals surface area contributed by atoms with Crippen LogP contribution >= 0.6 is 23.5 Å². The van der Waals surface area contributed by atoms with Crippen molar-refractivity contribution in [1.82, 2.24) is 5.32 Å². The second kappa shape index (κ2) is 7.67. The Morgan fingerprint density at radius 2 is 2.06 bits per heavy atom. The van der Waals surface area contributed by atoms with E-state index in [1.165, 1.54) is 17.1 Å². The highest BCUT2D eigenvalue weighted by Crippen LogP contribution is 2.34. The highest BCUT2D eigenvalue weighted by molar-refractivity contribution is 8.07. The number of rotatable bonds is 6. The summed E-state index contributed by atoms with van der Waals surface area (Å²) in [5.74, 6) is 2.62. The van der Waals surface area contributed by atoms with E-state index < -0.39 is 0 Å². The summed E-state index contributed by atoms with van der Waals surface area (Å²) >= 11 is 4.27. The largest absolute Gasteiger partial charge is 0.313 e. The van der Waals surface area contributed by atoms with E-state index in [4.69, 9.17) is 0 Å². The Bertz CT molecular complexity index is 218. The molecule has 0 aromatic rings. The summed E-state index contributed by atoms with van der Waals surface area (Å²) in [6.45, 7) is 12.0. The number of hydrogen-bond acceptors (Lipinski definition) is 3. The molecule has 1 fully saturated rings. The third-order valence-corrected chi connectivity index (χ3v) is 6.36. The van der Waals surface area contributed by atoms with Crippen LogP contribution in [0.3, 0.4) is 0 Å². The Morgan fingerprint density at radius 1 is 1.38 bits per heavy atom. The molecule has 1 N–H and O–H groups in total. The molecular formula is C13H25NS2. The molecule has 0 aromatic heterocycles. The van der Waals surface area contributed by atoms with Crippen molar-refractivity contribution in [2.75, 3.05) is 18.1 Å². The molecular weight excluding hydrogens is 234 g/mol. The molecule has 0 radical (unpaired) electrons. The zero-order valence-corrected chi connectivity index (χ0v) is 12.4. The van der Waals surface area contributed by atoms with Gasteiger partial charge in [-0.25, -0.2) is 0 Å². The van der Waals surface area contributed by atoms with E-state index in [0.717, 1.165) is 29.9 Å². The Balaban J connectivity index is 2.56. The van der Waals surface area contributed by atoms with E-state index in [9.17, 15) is 0 Å². The highest BCUT2D eigenvalue weighted by atomic mass is 32.2. The molecule has 1 rings (SSSR count). The monoisotopic (exact) mass is 259 g/mol. The van der Waals surface area contributed by atoms with Gasteiger partial charge in [0.05, 0.1) is 0 Å². The molecule has 0 saturated carbocycles. The third kappa shape index (κ3) is 4.34. The van der Waals surface area contributed by atoms with Crippen molar-refractivity contribution in [2.24, 2.45) is 0 Å². The highest BCUT2D eigenvalue weighted by Gasteiger charge is 2.29. The Kier molecular flexibility index (Phi) is 6.94. The fourth-order valence-corrected chi connectivity index (χ4v) is 5.07. The van der Waals surface area contributed by atoms with Crippen LogP contribution in [0, 0.1) is 0 Å². The number of thioether (sulfide) groups is 2. The quantitative estimate of drug-likeness (QED) is 0.733. The molecule has 0 aromatic carbocycles. The summed E-state index contributed by atoms with van der Waals surface area (Å²) in [5, 5.41) is 5.18. The number of hydrogen-bond donors (Lipinski definition) is 1. The van der Waals surface area contributed by atoms with Gasteiger partial charge in [0.15, 0.2) is 0 Å². The van der Waals surface area contributed by atoms with Crippen LogP contribution in [0.25, 0.3) is 0 Å². The van der Waals surface area contributed by atoms with Crippen LogP contribution in [0.15, 0.2) is 12.2 Å². The predicted molar refractivity (Wildman–Crippen MR) is 79.7 cm³/mol. The zero-order valence-electron chi connectivity index (χ0n) is 10.8. The van der Waals surface area contributed by atoms with Gasteiger partial charge in [-0.05, 0) is 19.4 Å². The Hall–Kier alpha value is 0.400. The van der Waals surface area contributed by atoms with E-state index in [0.29, 0.717) is 6.04 Å². The lowest BCUT2D eigenvalue weighted by atomic mass is 10.0. The summed E-state index contributed by atoms with van der Waals surface area (Å²) in [5.41, 5.74) is 1.38. The summed E-state index contributed by atoms with van der Waals surface area (Å²) in [7, 11) is 0. The van der Waals surface area contributed by atoms with Gasteiger partial charge in [0.25, 0.3) is 0 Å². The fourth-order valence-electron chi connectivity index (χ4n) is 2.11. The molecule has 1 nitrogen and oxygen atoms in total. The zero-order chi connectivity index (χ0) is 12.0. The SMILES string of the molecule is C=C(CC)CC(NCC)C1SCCSC1C. The summed E-state index contributed by atoms with van der Waals surface area (Å²) < 4.78 is 0. The van der Waals surface area contributed by atoms with E-state index in [-0.39, 0.29) is 0 Å². The third-order valence-electron chi connectivity index (χ3n) is 3.11. The summed E-state index contributed by atoms with van der Waals surface area (Å²) in [6.07, 6.45) is 2.26. The molecule has 3 unspecified atom stereocenters. The smallest absolute Gasteiger partial charge is 0.0320 e. The van der Waals surface area contributed by atoms with Gasteiger partial charge in [0.2, 0.25) is 0 Å². The van der Waals surface area contributed by atoms with Crippen molar-refractivity contribution >= 4 is 23.5 Å². The first kappa shape index (κ1) is 14.5. The minimum atomic E-state index is 0.616. The van der Waals surface area contributed by atoms with Crippen LogP contribution in [0.4, 0.5) is 0 Å². The normalized spacial score (nSPS) is 27.7. The van der Waals surface area contributed by atoms with Crippen molar-refractivity contribution in [3.8, 4) is 0 Å². The van der Waals surface area contributed by atoms with E-state index in [1.807, 2.05) is 0 Å².